The lowest BCUT2D eigenvalue weighted by molar-refractivity contribution is -0.123. The summed E-state index contributed by atoms with van der Waals surface area (Å²) in [7, 11) is 0. The molecule has 0 aromatic rings. The highest BCUT2D eigenvalue weighted by atomic mass is 16.3. The van der Waals surface area contributed by atoms with E-state index in [4.69, 9.17) is 0 Å². The topological polar surface area (TPSA) is 44.0 Å². The van der Waals surface area contributed by atoms with E-state index in [2.05, 4.69) is 26.8 Å². The van der Waals surface area contributed by atoms with E-state index < -0.39 is 11.0 Å². The molecule has 0 amide bonds. The van der Waals surface area contributed by atoms with Gasteiger partial charge < -0.3 is 5.11 Å². The highest BCUT2D eigenvalue weighted by molar-refractivity contribution is 5.14. The van der Waals surface area contributed by atoms with Gasteiger partial charge in [0.2, 0.25) is 0 Å². The zero-order valence-electron chi connectivity index (χ0n) is 12.1. The Kier molecular flexibility index (Phi) is 3.74. The zero-order chi connectivity index (χ0) is 13.4. The highest BCUT2D eigenvalue weighted by Gasteiger charge is 2.54. The summed E-state index contributed by atoms with van der Waals surface area (Å²) in [5, 5.41) is 20.9. The summed E-state index contributed by atoms with van der Waals surface area (Å²) in [4.78, 5) is 0. The summed E-state index contributed by atoms with van der Waals surface area (Å²) < 4.78 is 0. The van der Waals surface area contributed by atoms with Crippen LogP contribution in [-0.2, 0) is 0 Å². The Morgan fingerprint density at radius 1 is 1.00 bits per heavy atom. The van der Waals surface area contributed by atoms with Crippen molar-refractivity contribution in [1.82, 2.24) is 0 Å². The van der Waals surface area contributed by atoms with Crippen molar-refractivity contribution in [1.29, 1.82) is 5.26 Å². The normalized spacial score (nSPS) is 49.6. The van der Waals surface area contributed by atoms with Crippen LogP contribution in [0.25, 0.3) is 0 Å². The molecule has 0 heterocycles. The number of nitriles is 1. The van der Waals surface area contributed by atoms with Crippen LogP contribution in [-0.4, -0.2) is 10.7 Å². The van der Waals surface area contributed by atoms with Crippen LogP contribution in [0.2, 0.25) is 0 Å². The first-order chi connectivity index (χ1) is 8.41. The second-order valence-corrected chi connectivity index (χ2v) is 7.26. The van der Waals surface area contributed by atoms with E-state index in [9.17, 15) is 10.4 Å². The molecule has 2 nitrogen and oxygen atoms in total. The van der Waals surface area contributed by atoms with Gasteiger partial charge in [0.25, 0.3) is 0 Å². The molecule has 2 aliphatic rings. The van der Waals surface area contributed by atoms with Gasteiger partial charge in [0.05, 0.1) is 17.1 Å². The summed E-state index contributed by atoms with van der Waals surface area (Å²) in [5.41, 5.74) is -1.21. The molecule has 2 heteroatoms. The van der Waals surface area contributed by atoms with Crippen molar-refractivity contribution in [2.24, 2.45) is 23.2 Å². The van der Waals surface area contributed by atoms with Crippen molar-refractivity contribution in [2.45, 2.75) is 71.3 Å². The van der Waals surface area contributed by atoms with E-state index in [-0.39, 0.29) is 0 Å². The largest absolute Gasteiger partial charge is 0.388 e. The van der Waals surface area contributed by atoms with Crippen LogP contribution in [0.1, 0.15) is 65.7 Å². The molecule has 18 heavy (non-hydrogen) atoms. The van der Waals surface area contributed by atoms with Crippen LogP contribution in [0.4, 0.5) is 0 Å². The van der Waals surface area contributed by atoms with Gasteiger partial charge in [-0.15, -0.1) is 0 Å². The maximum Gasteiger partial charge on any atom is 0.0860 e. The van der Waals surface area contributed by atoms with Crippen molar-refractivity contribution < 1.29 is 5.11 Å². The number of nitrogens with zero attached hydrogens (tertiary/aromatic N) is 1. The predicted octanol–water partition coefficient (Wildman–Crippen LogP) is 3.89. The second kappa shape index (κ2) is 4.85. The third-order valence-corrected chi connectivity index (χ3v) is 5.41. The maximum atomic E-state index is 11.2. The molecule has 0 aromatic heterocycles. The van der Waals surface area contributed by atoms with E-state index in [1.807, 2.05) is 0 Å². The fraction of sp³-hybridized carbons (Fsp3) is 0.938. The zero-order valence-corrected chi connectivity index (χ0v) is 12.1. The fourth-order valence-electron chi connectivity index (χ4n) is 4.42. The molecular weight excluding hydrogens is 222 g/mol. The first kappa shape index (κ1) is 13.9. The van der Waals surface area contributed by atoms with Crippen LogP contribution in [0, 0.1) is 34.5 Å². The minimum atomic E-state index is -0.737. The molecule has 0 aliphatic heterocycles. The molecule has 2 atom stereocenters. The van der Waals surface area contributed by atoms with Crippen LogP contribution in [0.15, 0.2) is 0 Å². The van der Waals surface area contributed by atoms with E-state index in [0.29, 0.717) is 17.8 Å². The Morgan fingerprint density at radius 2 is 1.50 bits per heavy atom. The van der Waals surface area contributed by atoms with E-state index in [0.717, 1.165) is 38.5 Å². The molecule has 0 spiro atoms. The Balaban J connectivity index is 2.23. The summed E-state index contributed by atoms with van der Waals surface area (Å²) in [5.74, 6) is 1.81. The minimum absolute atomic E-state index is 0.470. The van der Waals surface area contributed by atoms with Gasteiger partial charge in [-0.25, -0.2) is 0 Å². The van der Waals surface area contributed by atoms with Crippen molar-refractivity contribution in [3.63, 3.8) is 0 Å². The Hall–Kier alpha value is -0.550. The Labute approximate surface area is 111 Å². The van der Waals surface area contributed by atoms with Crippen molar-refractivity contribution in [3.8, 4) is 6.07 Å². The molecular formula is C16H27NO. The third kappa shape index (κ3) is 2.30. The summed E-state index contributed by atoms with van der Waals surface area (Å²) in [6, 6.07) is 2.54. The lowest BCUT2D eigenvalue weighted by Gasteiger charge is -2.51. The lowest BCUT2D eigenvalue weighted by Crippen LogP contribution is -2.53. The highest BCUT2D eigenvalue weighted by Crippen LogP contribution is 2.53. The van der Waals surface area contributed by atoms with Crippen LogP contribution in [0.5, 0.6) is 0 Å². The second-order valence-electron chi connectivity index (χ2n) is 7.26. The van der Waals surface area contributed by atoms with E-state index >= 15 is 0 Å². The molecule has 0 saturated heterocycles. The summed E-state index contributed by atoms with van der Waals surface area (Å²) in [6.45, 7) is 6.70. The van der Waals surface area contributed by atoms with Crippen molar-refractivity contribution >= 4 is 0 Å². The molecule has 102 valence electrons. The smallest absolute Gasteiger partial charge is 0.0860 e. The average Bonchev–Trinajstić information content (AvgIpc) is 2.28. The fourth-order valence-corrected chi connectivity index (χ4v) is 4.42. The van der Waals surface area contributed by atoms with Gasteiger partial charge in [-0.2, -0.15) is 5.26 Å². The summed E-state index contributed by atoms with van der Waals surface area (Å²) in [6.07, 6.45) is 6.80. The Morgan fingerprint density at radius 3 is 1.94 bits per heavy atom. The van der Waals surface area contributed by atoms with Gasteiger partial charge in [-0.05, 0) is 62.7 Å². The third-order valence-electron chi connectivity index (χ3n) is 5.41. The number of aliphatic hydroxyl groups is 1. The average molecular weight is 249 g/mol. The van der Waals surface area contributed by atoms with Crippen LogP contribution >= 0.6 is 0 Å². The first-order valence-corrected chi connectivity index (χ1v) is 7.54. The molecule has 2 fully saturated rings. The van der Waals surface area contributed by atoms with Gasteiger partial charge in [0, 0.05) is 0 Å². The van der Waals surface area contributed by atoms with E-state index in [1.54, 1.807) is 0 Å². The Bertz CT molecular complexity index is 325. The SMILES string of the molecule is CC1CCC(C#N)(C2(O)CC(C)CC(C)C2)CC1. The van der Waals surface area contributed by atoms with E-state index in [1.165, 1.54) is 6.42 Å². The predicted molar refractivity (Wildman–Crippen MR) is 72.8 cm³/mol. The van der Waals surface area contributed by atoms with Gasteiger partial charge >= 0.3 is 0 Å². The van der Waals surface area contributed by atoms with Crippen LogP contribution in [0.3, 0.4) is 0 Å². The molecule has 0 bridgehead atoms. The number of hydrogen-bond acceptors (Lipinski definition) is 2. The van der Waals surface area contributed by atoms with Gasteiger partial charge in [0.1, 0.15) is 0 Å². The standard InChI is InChI=1S/C16H27NO/c1-12-4-6-15(11-17,7-5-12)16(18)9-13(2)8-14(3)10-16/h12-14,18H,4-10H2,1-3H3. The molecule has 0 aromatic carbocycles. The molecule has 1 N–H and O–H groups in total. The molecule has 2 aliphatic carbocycles. The van der Waals surface area contributed by atoms with Crippen molar-refractivity contribution in [2.75, 3.05) is 0 Å². The van der Waals surface area contributed by atoms with Gasteiger partial charge in [0.15, 0.2) is 0 Å². The molecule has 0 radical (unpaired) electrons. The quantitative estimate of drug-likeness (QED) is 0.766. The minimum Gasteiger partial charge on any atom is -0.388 e. The van der Waals surface area contributed by atoms with Gasteiger partial charge in [-0.1, -0.05) is 20.8 Å². The number of hydrogen-bond donors (Lipinski definition) is 1. The first-order valence-electron chi connectivity index (χ1n) is 7.54. The van der Waals surface area contributed by atoms with Crippen molar-refractivity contribution in [3.05, 3.63) is 0 Å². The molecule has 2 rings (SSSR count). The van der Waals surface area contributed by atoms with Crippen LogP contribution < -0.4 is 0 Å². The monoisotopic (exact) mass is 249 g/mol. The lowest BCUT2D eigenvalue weighted by atomic mass is 9.55. The molecule has 2 unspecified atom stereocenters. The summed E-state index contributed by atoms with van der Waals surface area (Å²) >= 11 is 0. The molecule has 2 saturated carbocycles. The number of rotatable bonds is 1. The van der Waals surface area contributed by atoms with Gasteiger partial charge in [-0.3, -0.25) is 0 Å². The maximum absolute atomic E-state index is 11.2.